The van der Waals surface area contributed by atoms with Crippen LogP contribution in [0, 0.1) is 5.92 Å². The average molecular weight is 353 g/mol. The van der Waals surface area contributed by atoms with E-state index in [9.17, 15) is 8.42 Å². The van der Waals surface area contributed by atoms with E-state index in [1.165, 1.54) is 4.31 Å². The van der Waals surface area contributed by atoms with Gasteiger partial charge in [-0.15, -0.1) is 11.6 Å². The van der Waals surface area contributed by atoms with Gasteiger partial charge >= 0.3 is 0 Å². The molecule has 0 N–H and O–H groups in total. The van der Waals surface area contributed by atoms with Crippen LogP contribution in [-0.2, 0) is 10.0 Å². The Balaban J connectivity index is 2.08. The molecule has 1 aromatic carbocycles. The summed E-state index contributed by atoms with van der Waals surface area (Å²) in [6.45, 7) is 0.543. The second kappa shape index (κ2) is 5.49. The van der Waals surface area contributed by atoms with Crippen molar-refractivity contribution >= 4 is 37.6 Å². The van der Waals surface area contributed by atoms with Gasteiger partial charge in [-0.2, -0.15) is 0 Å². The van der Waals surface area contributed by atoms with Crippen molar-refractivity contribution < 1.29 is 8.42 Å². The smallest absolute Gasteiger partial charge is 0.207 e. The van der Waals surface area contributed by atoms with E-state index < -0.39 is 10.0 Å². The van der Waals surface area contributed by atoms with Gasteiger partial charge in [0.25, 0.3) is 0 Å². The van der Waals surface area contributed by atoms with Gasteiger partial charge in [0.15, 0.2) is 0 Å². The van der Waals surface area contributed by atoms with E-state index in [-0.39, 0.29) is 5.38 Å². The van der Waals surface area contributed by atoms with Gasteiger partial charge in [-0.1, -0.05) is 15.9 Å². The van der Waals surface area contributed by atoms with Crippen molar-refractivity contribution in [3.05, 3.63) is 28.7 Å². The maximum absolute atomic E-state index is 12.3. The van der Waals surface area contributed by atoms with Crippen LogP contribution >= 0.6 is 27.5 Å². The summed E-state index contributed by atoms with van der Waals surface area (Å²) >= 11 is 9.20. The number of nitrogens with zero attached hydrogens (tertiary/aromatic N) is 1. The standard InChI is InChI=1S/C12H15BrClNO2S/c1-15(8-9-6-11(14)7-9)18(16,17)12-4-2-10(13)3-5-12/h2-5,9,11H,6-8H2,1H3. The molecule has 0 unspecified atom stereocenters. The first-order valence-corrected chi connectivity index (χ1v) is 8.42. The van der Waals surface area contributed by atoms with Crippen LogP contribution in [0.25, 0.3) is 0 Å². The summed E-state index contributed by atoms with van der Waals surface area (Å²) in [6.07, 6.45) is 1.81. The van der Waals surface area contributed by atoms with Crippen molar-refractivity contribution in [1.29, 1.82) is 0 Å². The summed E-state index contributed by atoms with van der Waals surface area (Å²) in [6, 6.07) is 6.69. The van der Waals surface area contributed by atoms with Crippen LogP contribution in [0.5, 0.6) is 0 Å². The van der Waals surface area contributed by atoms with Gasteiger partial charge in [-0.25, -0.2) is 12.7 Å². The zero-order valence-corrected chi connectivity index (χ0v) is 13.2. The molecule has 0 aromatic heterocycles. The molecule has 0 amide bonds. The first kappa shape index (κ1) is 14.3. The molecule has 0 saturated heterocycles. The highest BCUT2D eigenvalue weighted by atomic mass is 79.9. The van der Waals surface area contributed by atoms with Crippen molar-refractivity contribution in [3.8, 4) is 0 Å². The molecule has 1 aromatic rings. The average Bonchev–Trinajstić information content (AvgIpc) is 2.27. The topological polar surface area (TPSA) is 37.4 Å². The fourth-order valence-corrected chi connectivity index (χ4v) is 4.07. The summed E-state index contributed by atoms with van der Waals surface area (Å²) in [5.74, 6) is 0.391. The highest BCUT2D eigenvalue weighted by Crippen LogP contribution is 2.33. The zero-order chi connectivity index (χ0) is 13.3. The van der Waals surface area contributed by atoms with E-state index in [2.05, 4.69) is 15.9 Å². The number of sulfonamides is 1. The Morgan fingerprint density at radius 3 is 2.39 bits per heavy atom. The van der Waals surface area contributed by atoms with Crippen LogP contribution in [0.2, 0.25) is 0 Å². The third-order valence-corrected chi connectivity index (χ3v) is 5.94. The quantitative estimate of drug-likeness (QED) is 0.781. The molecule has 1 aliphatic rings. The molecule has 0 spiro atoms. The molecule has 0 aliphatic heterocycles. The van der Waals surface area contributed by atoms with Gasteiger partial charge in [-0.3, -0.25) is 0 Å². The Labute approximate surface area is 121 Å². The molecule has 6 heteroatoms. The maximum Gasteiger partial charge on any atom is 0.242 e. The summed E-state index contributed by atoms with van der Waals surface area (Å²) in [7, 11) is -1.75. The van der Waals surface area contributed by atoms with E-state index in [1.54, 1.807) is 31.3 Å². The third-order valence-electron chi connectivity index (χ3n) is 3.22. The first-order chi connectivity index (χ1) is 8.39. The number of hydrogen-bond acceptors (Lipinski definition) is 2. The predicted molar refractivity (Wildman–Crippen MR) is 76.3 cm³/mol. The summed E-state index contributed by atoms with van der Waals surface area (Å²) in [4.78, 5) is 0.329. The van der Waals surface area contributed by atoms with Gasteiger partial charge in [0.05, 0.1) is 4.90 Å². The van der Waals surface area contributed by atoms with Crippen molar-refractivity contribution in [2.45, 2.75) is 23.1 Å². The van der Waals surface area contributed by atoms with Gasteiger partial charge in [0, 0.05) is 23.4 Å². The largest absolute Gasteiger partial charge is 0.242 e. The van der Waals surface area contributed by atoms with Crippen molar-refractivity contribution in [1.82, 2.24) is 4.31 Å². The van der Waals surface area contributed by atoms with Crippen LogP contribution < -0.4 is 0 Å². The van der Waals surface area contributed by atoms with Crippen molar-refractivity contribution in [2.24, 2.45) is 5.92 Å². The summed E-state index contributed by atoms with van der Waals surface area (Å²) in [5.41, 5.74) is 0. The Kier molecular flexibility index (Phi) is 4.36. The van der Waals surface area contributed by atoms with Gasteiger partial charge in [0.2, 0.25) is 10.0 Å². The van der Waals surface area contributed by atoms with Gasteiger partial charge in [0.1, 0.15) is 0 Å². The second-order valence-electron chi connectivity index (χ2n) is 4.67. The molecule has 0 radical (unpaired) electrons. The highest BCUT2D eigenvalue weighted by molar-refractivity contribution is 9.10. The minimum absolute atomic E-state index is 0.221. The molecule has 1 fully saturated rings. The maximum atomic E-state index is 12.3. The lowest BCUT2D eigenvalue weighted by molar-refractivity contribution is 0.268. The first-order valence-electron chi connectivity index (χ1n) is 5.75. The van der Waals surface area contributed by atoms with Gasteiger partial charge in [-0.05, 0) is 43.0 Å². The predicted octanol–water partition coefficient (Wildman–Crippen LogP) is 3.09. The molecule has 100 valence electrons. The van der Waals surface area contributed by atoms with E-state index in [1.807, 2.05) is 0 Å². The monoisotopic (exact) mass is 351 g/mol. The molecule has 0 heterocycles. The van der Waals surface area contributed by atoms with E-state index >= 15 is 0 Å². The number of halogens is 2. The van der Waals surface area contributed by atoms with Crippen molar-refractivity contribution in [3.63, 3.8) is 0 Å². The Morgan fingerprint density at radius 2 is 1.89 bits per heavy atom. The lowest BCUT2D eigenvalue weighted by atomic mass is 9.85. The second-order valence-corrected chi connectivity index (χ2v) is 8.25. The van der Waals surface area contributed by atoms with Crippen LogP contribution in [0.15, 0.2) is 33.6 Å². The molecular weight excluding hydrogens is 338 g/mol. The number of rotatable bonds is 4. The molecule has 1 saturated carbocycles. The lowest BCUT2D eigenvalue weighted by Gasteiger charge is -2.33. The Bertz CT molecular complexity index is 511. The minimum Gasteiger partial charge on any atom is -0.207 e. The molecule has 0 atom stereocenters. The fourth-order valence-electron chi connectivity index (χ4n) is 2.05. The third kappa shape index (κ3) is 3.07. The lowest BCUT2D eigenvalue weighted by Crippen LogP contribution is -2.37. The van der Waals surface area contributed by atoms with Gasteiger partial charge < -0.3 is 0 Å². The molecule has 1 aliphatic carbocycles. The van der Waals surface area contributed by atoms with E-state index in [0.29, 0.717) is 17.4 Å². The van der Waals surface area contributed by atoms with Crippen LogP contribution in [0.1, 0.15) is 12.8 Å². The highest BCUT2D eigenvalue weighted by Gasteiger charge is 2.31. The fraction of sp³-hybridized carbons (Fsp3) is 0.500. The Hall–Kier alpha value is -0.100. The van der Waals surface area contributed by atoms with Crippen LogP contribution in [0.4, 0.5) is 0 Å². The molecule has 18 heavy (non-hydrogen) atoms. The zero-order valence-electron chi connectivity index (χ0n) is 10.0. The SMILES string of the molecule is CN(CC1CC(Cl)C1)S(=O)(=O)c1ccc(Br)cc1. The van der Waals surface area contributed by atoms with E-state index in [4.69, 9.17) is 11.6 Å². The molecule has 2 rings (SSSR count). The molecule has 3 nitrogen and oxygen atoms in total. The van der Waals surface area contributed by atoms with Crippen LogP contribution in [0.3, 0.4) is 0 Å². The number of alkyl halides is 1. The molecule has 0 bridgehead atoms. The summed E-state index contributed by atoms with van der Waals surface area (Å²) in [5, 5.41) is 0.221. The summed E-state index contributed by atoms with van der Waals surface area (Å²) < 4.78 is 26.8. The van der Waals surface area contributed by atoms with Crippen LogP contribution in [-0.4, -0.2) is 31.7 Å². The number of hydrogen-bond donors (Lipinski definition) is 0. The molecular formula is C12H15BrClNO2S. The Morgan fingerprint density at radius 1 is 1.33 bits per heavy atom. The normalized spacial score (nSPS) is 24.0. The van der Waals surface area contributed by atoms with Crippen molar-refractivity contribution in [2.75, 3.05) is 13.6 Å². The minimum atomic E-state index is -3.38. The van der Waals surface area contributed by atoms with E-state index in [0.717, 1.165) is 17.3 Å². The number of benzene rings is 1.